The molecular formula is C23H17ClF3N3O2S. The second kappa shape index (κ2) is 8.99. The van der Waals surface area contributed by atoms with E-state index in [-0.39, 0.29) is 34.8 Å². The van der Waals surface area contributed by atoms with Crippen LogP contribution in [-0.4, -0.2) is 24.7 Å². The van der Waals surface area contributed by atoms with Gasteiger partial charge in [-0.2, -0.15) is 13.2 Å². The summed E-state index contributed by atoms with van der Waals surface area (Å²) in [5.41, 5.74) is -1.96. The molecule has 10 heteroatoms. The number of hydrogen-bond acceptors (Lipinski definition) is 4. The van der Waals surface area contributed by atoms with Crippen molar-refractivity contribution < 1.29 is 18.3 Å². The first-order valence-corrected chi connectivity index (χ1v) is 10.9. The van der Waals surface area contributed by atoms with Gasteiger partial charge < -0.3 is 5.11 Å². The molecule has 33 heavy (non-hydrogen) atoms. The van der Waals surface area contributed by atoms with Crippen molar-refractivity contribution in [3.05, 3.63) is 93.6 Å². The smallest absolute Gasteiger partial charge is 0.446 e. The van der Waals surface area contributed by atoms with Gasteiger partial charge in [-0.25, -0.2) is 9.36 Å². The van der Waals surface area contributed by atoms with E-state index in [1.54, 1.807) is 31.3 Å². The number of aromatic hydroxyl groups is 1. The van der Waals surface area contributed by atoms with Crippen molar-refractivity contribution in [1.29, 1.82) is 0 Å². The summed E-state index contributed by atoms with van der Waals surface area (Å²) < 4.78 is 40.2. The SMILES string of the molecule is Cc1c(O)n(-c2ccc(SC(F)(F)F)cc2)c(=O)n1Cc1ccnc(-c2ccc(Cl)cc2)c1. The summed E-state index contributed by atoms with van der Waals surface area (Å²) in [5.74, 6) is -0.275. The molecule has 0 aliphatic heterocycles. The molecular weight excluding hydrogens is 475 g/mol. The first kappa shape index (κ1) is 23.0. The normalized spacial score (nSPS) is 11.7. The van der Waals surface area contributed by atoms with Crippen molar-refractivity contribution in [3.63, 3.8) is 0 Å². The summed E-state index contributed by atoms with van der Waals surface area (Å²) in [4.78, 5) is 17.4. The van der Waals surface area contributed by atoms with Crippen LogP contribution in [0, 0.1) is 6.92 Å². The lowest BCUT2D eigenvalue weighted by molar-refractivity contribution is -0.0328. The Kier molecular flexibility index (Phi) is 6.27. The minimum absolute atomic E-state index is 0.0125. The van der Waals surface area contributed by atoms with Crippen LogP contribution in [0.25, 0.3) is 16.9 Å². The molecule has 2 aromatic heterocycles. The molecule has 2 aromatic carbocycles. The van der Waals surface area contributed by atoms with Crippen molar-refractivity contribution in [1.82, 2.24) is 14.1 Å². The Hall–Kier alpha value is -3.17. The van der Waals surface area contributed by atoms with Crippen LogP contribution in [0.1, 0.15) is 11.3 Å². The van der Waals surface area contributed by atoms with Gasteiger partial charge in [-0.05, 0) is 72.8 Å². The zero-order valence-electron chi connectivity index (χ0n) is 17.2. The van der Waals surface area contributed by atoms with Gasteiger partial charge in [0.25, 0.3) is 0 Å². The summed E-state index contributed by atoms with van der Waals surface area (Å²) in [6.07, 6.45) is 1.63. The zero-order chi connectivity index (χ0) is 23.8. The minimum Gasteiger partial charge on any atom is -0.493 e. The monoisotopic (exact) mass is 491 g/mol. The summed E-state index contributed by atoms with van der Waals surface area (Å²) in [5, 5.41) is 11.2. The number of nitrogens with zero attached hydrogens (tertiary/aromatic N) is 3. The molecule has 0 spiro atoms. The number of halogens is 4. The fourth-order valence-corrected chi connectivity index (χ4v) is 4.05. The average molecular weight is 492 g/mol. The molecule has 2 heterocycles. The molecule has 0 radical (unpaired) electrons. The lowest BCUT2D eigenvalue weighted by Gasteiger charge is -2.07. The predicted octanol–water partition coefficient (Wildman–Crippen LogP) is 6.03. The van der Waals surface area contributed by atoms with Gasteiger partial charge in [0.1, 0.15) is 0 Å². The van der Waals surface area contributed by atoms with E-state index in [0.29, 0.717) is 16.4 Å². The predicted molar refractivity (Wildman–Crippen MR) is 122 cm³/mol. The highest BCUT2D eigenvalue weighted by Gasteiger charge is 2.29. The van der Waals surface area contributed by atoms with Gasteiger partial charge >= 0.3 is 11.2 Å². The third kappa shape index (κ3) is 5.09. The van der Waals surface area contributed by atoms with E-state index in [0.717, 1.165) is 15.7 Å². The number of rotatable bonds is 5. The molecule has 170 valence electrons. The van der Waals surface area contributed by atoms with Crippen LogP contribution in [0.5, 0.6) is 5.88 Å². The van der Waals surface area contributed by atoms with Crippen LogP contribution >= 0.6 is 23.4 Å². The fraction of sp³-hybridized carbons (Fsp3) is 0.130. The van der Waals surface area contributed by atoms with Gasteiger partial charge in [-0.1, -0.05) is 23.7 Å². The van der Waals surface area contributed by atoms with Crippen molar-refractivity contribution in [3.8, 4) is 22.8 Å². The zero-order valence-corrected chi connectivity index (χ0v) is 18.7. The van der Waals surface area contributed by atoms with Crippen LogP contribution in [0.4, 0.5) is 13.2 Å². The lowest BCUT2D eigenvalue weighted by atomic mass is 10.1. The number of aromatic nitrogens is 3. The number of benzene rings is 2. The van der Waals surface area contributed by atoms with E-state index < -0.39 is 11.2 Å². The Labute approximate surface area is 196 Å². The highest BCUT2D eigenvalue weighted by Crippen LogP contribution is 2.37. The minimum atomic E-state index is -4.41. The second-order valence-corrected chi connectivity index (χ2v) is 8.79. The largest absolute Gasteiger partial charge is 0.493 e. The number of pyridine rings is 1. The third-order valence-corrected chi connectivity index (χ3v) is 5.99. The van der Waals surface area contributed by atoms with Crippen molar-refractivity contribution in [2.45, 2.75) is 23.9 Å². The standard InChI is InChI=1S/C23H17ClF3N3O2S/c1-14-21(31)30(18-6-8-19(9-7-18)33-23(25,26)27)22(32)29(14)13-15-10-11-28-20(12-15)16-2-4-17(24)5-3-16/h2-12,31H,13H2,1H3. The molecule has 0 fully saturated rings. The van der Waals surface area contributed by atoms with E-state index in [9.17, 15) is 23.1 Å². The molecule has 1 N–H and O–H groups in total. The van der Waals surface area contributed by atoms with E-state index in [2.05, 4.69) is 4.98 Å². The number of hydrogen-bond donors (Lipinski definition) is 1. The molecule has 5 nitrogen and oxygen atoms in total. The Bertz CT molecular complexity index is 1350. The average Bonchev–Trinajstić information content (AvgIpc) is 2.97. The molecule has 0 saturated carbocycles. The van der Waals surface area contributed by atoms with E-state index in [4.69, 9.17) is 11.6 Å². The number of thioether (sulfide) groups is 1. The Morgan fingerprint density at radius 2 is 1.73 bits per heavy atom. The fourth-order valence-electron chi connectivity index (χ4n) is 3.39. The molecule has 4 aromatic rings. The van der Waals surface area contributed by atoms with E-state index >= 15 is 0 Å². The lowest BCUT2D eigenvalue weighted by Crippen LogP contribution is -2.24. The van der Waals surface area contributed by atoms with Crippen LogP contribution in [0.2, 0.25) is 5.02 Å². The molecule has 0 aliphatic carbocycles. The summed E-state index contributed by atoms with van der Waals surface area (Å²) >= 11 is 5.70. The number of alkyl halides is 3. The number of imidazole rings is 1. The summed E-state index contributed by atoms with van der Waals surface area (Å²) in [6.45, 7) is 1.78. The van der Waals surface area contributed by atoms with Crippen LogP contribution in [0.15, 0.2) is 76.6 Å². The van der Waals surface area contributed by atoms with Crippen molar-refractivity contribution in [2.24, 2.45) is 0 Å². The van der Waals surface area contributed by atoms with Gasteiger partial charge in [0.05, 0.1) is 23.6 Å². The quantitative estimate of drug-likeness (QED) is 0.346. The maximum Gasteiger partial charge on any atom is 0.446 e. The summed E-state index contributed by atoms with van der Waals surface area (Å²) in [6, 6.07) is 16.1. The highest BCUT2D eigenvalue weighted by atomic mass is 35.5. The van der Waals surface area contributed by atoms with Gasteiger partial charge in [-0.15, -0.1) is 0 Å². The topological polar surface area (TPSA) is 60.1 Å². The molecule has 0 unspecified atom stereocenters. The first-order valence-electron chi connectivity index (χ1n) is 9.70. The summed E-state index contributed by atoms with van der Waals surface area (Å²) in [7, 11) is 0. The molecule has 0 bridgehead atoms. The van der Waals surface area contributed by atoms with E-state index in [1.807, 2.05) is 18.2 Å². The first-order chi connectivity index (χ1) is 15.6. The Balaban J connectivity index is 1.65. The van der Waals surface area contributed by atoms with Crippen LogP contribution in [0.3, 0.4) is 0 Å². The van der Waals surface area contributed by atoms with Gasteiger partial charge in [0.15, 0.2) is 0 Å². The van der Waals surface area contributed by atoms with Crippen molar-refractivity contribution >= 4 is 23.4 Å². The molecule has 0 atom stereocenters. The highest BCUT2D eigenvalue weighted by molar-refractivity contribution is 8.00. The molecule has 0 amide bonds. The van der Waals surface area contributed by atoms with Gasteiger partial charge in [0, 0.05) is 21.7 Å². The Morgan fingerprint density at radius 3 is 2.36 bits per heavy atom. The Morgan fingerprint density at radius 1 is 1.06 bits per heavy atom. The van der Waals surface area contributed by atoms with E-state index in [1.165, 1.54) is 28.8 Å². The molecule has 0 saturated heterocycles. The van der Waals surface area contributed by atoms with Gasteiger partial charge in [0.2, 0.25) is 5.88 Å². The maximum atomic E-state index is 13.1. The second-order valence-electron chi connectivity index (χ2n) is 7.21. The maximum absolute atomic E-state index is 13.1. The van der Waals surface area contributed by atoms with Crippen LogP contribution < -0.4 is 5.69 Å². The molecule has 0 aliphatic rings. The third-order valence-electron chi connectivity index (χ3n) is 5.00. The molecule has 4 rings (SSSR count). The van der Waals surface area contributed by atoms with Gasteiger partial charge in [-0.3, -0.25) is 9.55 Å². The van der Waals surface area contributed by atoms with Crippen LogP contribution in [-0.2, 0) is 6.54 Å². The van der Waals surface area contributed by atoms with Crippen molar-refractivity contribution in [2.75, 3.05) is 0 Å².